The molecule has 0 fully saturated rings. The summed E-state index contributed by atoms with van der Waals surface area (Å²) >= 11 is 0. The van der Waals surface area contributed by atoms with Crippen LogP contribution >= 0.6 is 0 Å². The summed E-state index contributed by atoms with van der Waals surface area (Å²) < 4.78 is 0. The molecule has 0 nitrogen and oxygen atoms in total. The van der Waals surface area contributed by atoms with Gasteiger partial charge in [-0.25, -0.2) is 0 Å². The predicted octanol–water partition coefficient (Wildman–Crippen LogP) is 7.21. The standard InChI is InChI=1S/C19H36/c1-3-5-7-9-11-13-15-17-19-18-16-14-12-10-8-6-4-2/h11,13,17,19H,3-10,12,14-16,18H2,1-2H3/b13-11-,19-17-. The maximum absolute atomic E-state index is 2.36. The first-order valence-electron chi connectivity index (χ1n) is 8.71. The van der Waals surface area contributed by atoms with E-state index in [1.807, 2.05) is 0 Å². The molecule has 0 aliphatic heterocycles. The molecule has 0 aromatic rings. The van der Waals surface area contributed by atoms with Gasteiger partial charge in [-0.05, 0) is 32.1 Å². The Morgan fingerprint density at radius 1 is 0.474 bits per heavy atom. The number of unbranched alkanes of at least 4 members (excludes halogenated alkanes) is 10. The van der Waals surface area contributed by atoms with Crippen LogP contribution in [0.2, 0.25) is 0 Å². The first kappa shape index (κ1) is 18.5. The summed E-state index contributed by atoms with van der Waals surface area (Å²) in [4.78, 5) is 0. The number of hydrogen-bond donors (Lipinski definition) is 0. The Morgan fingerprint density at radius 3 is 1.47 bits per heavy atom. The van der Waals surface area contributed by atoms with E-state index in [2.05, 4.69) is 38.2 Å². The van der Waals surface area contributed by atoms with Crippen LogP contribution in [0.1, 0.15) is 97.3 Å². The summed E-state index contributed by atoms with van der Waals surface area (Å²) in [6.45, 7) is 4.54. The van der Waals surface area contributed by atoms with Crippen molar-refractivity contribution in [2.45, 2.75) is 97.3 Å². The zero-order chi connectivity index (χ0) is 14.0. The normalized spacial score (nSPS) is 11.9. The minimum Gasteiger partial charge on any atom is -0.0882 e. The molecule has 0 heterocycles. The van der Waals surface area contributed by atoms with Crippen molar-refractivity contribution in [3.8, 4) is 0 Å². The molecule has 0 aliphatic rings. The quantitative estimate of drug-likeness (QED) is 0.230. The van der Waals surface area contributed by atoms with E-state index >= 15 is 0 Å². The molecule has 0 aromatic heterocycles. The van der Waals surface area contributed by atoms with Crippen LogP contribution in [-0.4, -0.2) is 0 Å². The second kappa shape index (κ2) is 17.5. The Bertz CT molecular complexity index is 200. The third-order valence-corrected chi connectivity index (χ3v) is 3.55. The van der Waals surface area contributed by atoms with Gasteiger partial charge in [-0.1, -0.05) is 89.5 Å². The van der Waals surface area contributed by atoms with Crippen molar-refractivity contribution in [1.82, 2.24) is 0 Å². The van der Waals surface area contributed by atoms with Crippen LogP contribution in [0, 0.1) is 0 Å². The Hall–Kier alpha value is -0.520. The molecule has 0 radical (unpaired) electrons. The summed E-state index contributed by atoms with van der Waals surface area (Å²) in [5.74, 6) is 0. The lowest BCUT2D eigenvalue weighted by molar-refractivity contribution is 0.592. The summed E-state index contributed by atoms with van der Waals surface area (Å²) in [5, 5.41) is 0. The highest BCUT2D eigenvalue weighted by Crippen LogP contribution is 2.08. The maximum atomic E-state index is 2.36. The van der Waals surface area contributed by atoms with Crippen molar-refractivity contribution >= 4 is 0 Å². The highest BCUT2D eigenvalue weighted by Gasteiger charge is 1.89. The lowest BCUT2D eigenvalue weighted by Gasteiger charge is -1.98. The second-order valence-corrected chi connectivity index (χ2v) is 5.58. The molecule has 0 spiro atoms. The van der Waals surface area contributed by atoms with Crippen LogP contribution in [0.3, 0.4) is 0 Å². The Balaban J connectivity index is 3.12. The van der Waals surface area contributed by atoms with Crippen molar-refractivity contribution in [3.05, 3.63) is 24.3 Å². The summed E-state index contributed by atoms with van der Waals surface area (Å²) in [6, 6.07) is 0. The van der Waals surface area contributed by atoms with Gasteiger partial charge in [0.2, 0.25) is 0 Å². The van der Waals surface area contributed by atoms with E-state index in [4.69, 9.17) is 0 Å². The summed E-state index contributed by atoms with van der Waals surface area (Å²) in [7, 11) is 0. The molecule has 0 rings (SSSR count). The molecule has 0 saturated carbocycles. The molecule has 19 heavy (non-hydrogen) atoms. The highest BCUT2D eigenvalue weighted by molar-refractivity contribution is 4.92. The summed E-state index contributed by atoms with van der Waals surface area (Å²) in [5.41, 5.74) is 0. The molecular weight excluding hydrogens is 228 g/mol. The van der Waals surface area contributed by atoms with Crippen molar-refractivity contribution in [2.75, 3.05) is 0 Å². The van der Waals surface area contributed by atoms with Gasteiger partial charge < -0.3 is 0 Å². The minimum atomic E-state index is 1.13. The van der Waals surface area contributed by atoms with Crippen LogP contribution in [-0.2, 0) is 0 Å². The van der Waals surface area contributed by atoms with Crippen molar-refractivity contribution < 1.29 is 0 Å². The van der Waals surface area contributed by atoms with Gasteiger partial charge in [-0.15, -0.1) is 0 Å². The number of rotatable bonds is 14. The average molecular weight is 264 g/mol. The smallest absolute Gasteiger partial charge is 0.0169 e. The molecule has 0 heteroatoms. The Morgan fingerprint density at radius 2 is 0.895 bits per heavy atom. The van der Waals surface area contributed by atoms with Gasteiger partial charge in [0.15, 0.2) is 0 Å². The first-order valence-corrected chi connectivity index (χ1v) is 8.71. The molecule has 0 N–H and O–H groups in total. The van der Waals surface area contributed by atoms with Gasteiger partial charge in [0, 0.05) is 0 Å². The molecule has 112 valence electrons. The van der Waals surface area contributed by atoms with Crippen LogP contribution in [0.15, 0.2) is 24.3 Å². The lowest BCUT2D eigenvalue weighted by atomic mass is 10.1. The highest BCUT2D eigenvalue weighted by atomic mass is 14.0. The van der Waals surface area contributed by atoms with E-state index in [9.17, 15) is 0 Å². The van der Waals surface area contributed by atoms with Gasteiger partial charge in [0.1, 0.15) is 0 Å². The van der Waals surface area contributed by atoms with E-state index in [0.717, 1.165) is 6.42 Å². The average Bonchev–Trinajstić information content (AvgIpc) is 2.43. The van der Waals surface area contributed by atoms with Gasteiger partial charge in [0.25, 0.3) is 0 Å². The SMILES string of the molecule is CCCCC/C=C\C/C=C\CCCCCCCCC. The molecule has 0 aliphatic carbocycles. The lowest BCUT2D eigenvalue weighted by Crippen LogP contribution is -1.78. The molecule has 0 amide bonds. The molecule has 0 aromatic carbocycles. The van der Waals surface area contributed by atoms with Gasteiger partial charge >= 0.3 is 0 Å². The topological polar surface area (TPSA) is 0 Å². The fraction of sp³-hybridized carbons (Fsp3) is 0.789. The van der Waals surface area contributed by atoms with Crippen LogP contribution in [0.25, 0.3) is 0 Å². The molecule has 0 bridgehead atoms. The van der Waals surface area contributed by atoms with Crippen LogP contribution in [0.5, 0.6) is 0 Å². The zero-order valence-corrected chi connectivity index (χ0v) is 13.5. The Labute approximate surface area is 122 Å². The van der Waals surface area contributed by atoms with Gasteiger partial charge in [-0.3, -0.25) is 0 Å². The third-order valence-electron chi connectivity index (χ3n) is 3.55. The van der Waals surface area contributed by atoms with E-state index in [1.54, 1.807) is 0 Å². The van der Waals surface area contributed by atoms with E-state index in [1.165, 1.54) is 77.0 Å². The largest absolute Gasteiger partial charge is 0.0882 e. The molecule has 0 atom stereocenters. The van der Waals surface area contributed by atoms with Crippen LogP contribution in [0.4, 0.5) is 0 Å². The molecule has 0 unspecified atom stereocenters. The van der Waals surface area contributed by atoms with Gasteiger partial charge in [0.05, 0.1) is 0 Å². The molecular formula is C19H36. The van der Waals surface area contributed by atoms with E-state index in [-0.39, 0.29) is 0 Å². The van der Waals surface area contributed by atoms with Crippen molar-refractivity contribution in [2.24, 2.45) is 0 Å². The Kier molecular flexibility index (Phi) is 17.0. The van der Waals surface area contributed by atoms with E-state index in [0.29, 0.717) is 0 Å². The minimum absolute atomic E-state index is 1.13. The first-order chi connectivity index (χ1) is 9.41. The second-order valence-electron chi connectivity index (χ2n) is 5.58. The van der Waals surface area contributed by atoms with Gasteiger partial charge in [-0.2, -0.15) is 0 Å². The van der Waals surface area contributed by atoms with Crippen molar-refractivity contribution in [1.29, 1.82) is 0 Å². The monoisotopic (exact) mass is 264 g/mol. The number of allylic oxidation sites excluding steroid dienone is 4. The number of hydrogen-bond acceptors (Lipinski definition) is 0. The van der Waals surface area contributed by atoms with Crippen molar-refractivity contribution in [3.63, 3.8) is 0 Å². The zero-order valence-electron chi connectivity index (χ0n) is 13.5. The maximum Gasteiger partial charge on any atom is -0.0169 e. The fourth-order valence-electron chi connectivity index (χ4n) is 2.24. The van der Waals surface area contributed by atoms with Crippen LogP contribution < -0.4 is 0 Å². The summed E-state index contributed by atoms with van der Waals surface area (Å²) in [6.07, 6.45) is 27.0. The third kappa shape index (κ3) is 17.5. The fourth-order valence-corrected chi connectivity index (χ4v) is 2.24. The molecule has 0 saturated heterocycles. The predicted molar refractivity (Wildman–Crippen MR) is 89.6 cm³/mol. The van der Waals surface area contributed by atoms with E-state index < -0.39 is 0 Å².